The van der Waals surface area contributed by atoms with Crippen LogP contribution in [0.25, 0.3) is 0 Å². The molecule has 1 spiro atoms. The van der Waals surface area contributed by atoms with E-state index in [0.29, 0.717) is 18.9 Å². The molecule has 0 aromatic heterocycles. The van der Waals surface area contributed by atoms with E-state index in [1.165, 1.54) is 11.1 Å². The van der Waals surface area contributed by atoms with E-state index in [-0.39, 0.29) is 30.4 Å². The number of sulfonamides is 1. The molecule has 2 heterocycles. The Morgan fingerprint density at radius 3 is 2.70 bits per heavy atom. The number of fused-ring (bicyclic) bond motifs is 4. The Kier molecular flexibility index (Phi) is 8.81. The van der Waals surface area contributed by atoms with Gasteiger partial charge >= 0.3 is 0 Å². The first-order valence-electron chi connectivity index (χ1n) is 16.0. The highest BCUT2D eigenvalue weighted by Crippen LogP contribution is 2.49. The van der Waals surface area contributed by atoms with Crippen molar-refractivity contribution in [3.8, 4) is 5.75 Å². The van der Waals surface area contributed by atoms with Gasteiger partial charge in [-0.1, -0.05) is 37.1 Å². The maximum atomic E-state index is 13.3. The second-order valence-electron chi connectivity index (χ2n) is 13.7. The number of nitrogens with zero attached hydrogens (tertiary/aromatic N) is 1. The fourth-order valence-corrected chi connectivity index (χ4v) is 9.88. The van der Waals surface area contributed by atoms with E-state index >= 15 is 0 Å². The van der Waals surface area contributed by atoms with Gasteiger partial charge < -0.3 is 19.5 Å². The van der Waals surface area contributed by atoms with Crippen molar-refractivity contribution in [2.45, 2.75) is 88.0 Å². The third-order valence-corrected chi connectivity index (χ3v) is 13.6. The molecule has 2 bridgehead atoms. The summed E-state index contributed by atoms with van der Waals surface area (Å²) in [5.41, 5.74) is 3.76. The summed E-state index contributed by atoms with van der Waals surface area (Å²) in [7, 11) is -1.80. The molecular weight excluding hydrogens is 584 g/mol. The number of rotatable bonds is 2. The number of halogens is 1. The second-order valence-corrected chi connectivity index (χ2v) is 16.3. The summed E-state index contributed by atoms with van der Waals surface area (Å²) < 4.78 is 42.4. The first-order chi connectivity index (χ1) is 20.6. The molecule has 43 heavy (non-hydrogen) atoms. The van der Waals surface area contributed by atoms with Gasteiger partial charge in [0, 0.05) is 37.2 Å². The molecule has 0 radical (unpaired) electrons. The zero-order valence-corrected chi connectivity index (χ0v) is 27.4. The summed E-state index contributed by atoms with van der Waals surface area (Å²) in [4.78, 5) is 2.50. The first kappa shape index (κ1) is 31.2. The van der Waals surface area contributed by atoms with Crippen LogP contribution in [0.2, 0.25) is 5.02 Å². The van der Waals surface area contributed by atoms with Crippen molar-refractivity contribution >= 4 is 27.3 Å². The molecular formula is C34H47ClN2O5S. The van der Waals surface area contributed by atoms with Crippen LogP contribution in [0.15, 0.2) is 36.4 Å². The minimum atomic E-state index is -3.52. The highest BCUT2D eigenvalue weighted by atomic mass is 35.5. The van der Waals surface area contributed by atoms with Gasteiger partial charge in [0.2, 0.25) is 10.0 Å². The van der Waals surface area contributed by atoms with Crippen LogP contribution in [0.4, 0.5) is 5.69 Å². The van der Waals surface area contributed by atoms with E-state index < -0.39 is 20.9 Å². The average molecular weight is 631 g/mol. The van der Waals surface area contributed by atoms with Gasteiger partial charge in [0.25, 0.3) is 0 Å². The molecule has 2 N–H and O–H groups in total. The molecule has 9 heteroatoms. The topological polar surface area (TPSA) is 88.1 Å². The predicted molar refractivity (Wildman–Crippen MR) is 171 cm³/mol. The highest BCUT2D eigenvalue weighted by Gasteiger charge is 2.49. The molecule has 4 aliphatic rings. The molecule has 2 aliphatic carbocycles. The monoisotopic (exact) mass is 630 g/mol. The molecule has 0 unspecified atom stereocenters. The van der Waals surface area contributed by atoms with E-state index in [0.717, 1.165) is 80.1 Å². The number of ether oxygens (including phenoxy) is 2. The Hall–Kier alpha value is -1.84. The quantitative estimate of drug-likeness (QED) is 0.433. The van der Waals surface area contributed by atoms with Gasteiger partial charge in [-0.05, 0) is 111 Å². The fraction of sp³-hybridized carbons (Fsp3) is 0.647. The van der Waals surface area contributed by atoms with Crippen LogP contribution in [0.3, 0.4) is 0 Å². The molecule has 6 rings (SSSR count). The van der Waals surface area contributed by atoms with Crippen LogP contribution in [-0.2, 0) is 33.1 Å². The molecule has 1 fully saturated rings. The van der Waals surface area contributed by atoms with E-state index in [2.05, 4.69) is 27.8 Å². The molecule has 1 saturated carbocycles. The molecule has 2 aromatic carbocycles. The number of aryl methyl sites for hydroxylation is 1. The Balaban J connectivity index is 1.42. The number of nitrogens with one attached hydrogen (secondary N) is 1. The van der Waals surface area contributed by atoms with E-state index in [1.54, 1.807) is 14.0 Å². The second kappa shape index (κ2) is 12.2. The number of anilines is 1. The van der Waals surface area contributed by atoms with Gasteiger partial charge in [-0.2, -0.15) is 0 Å². The largest absolute Gasteiger partial charge is 0.490 e. The first-order valence-corrected chi connectivity index (χ1v) is 18.0. The summed E-state index contributed by atoms with van der Waals surface area (Å²) >= 11 is 6.43. The number of hydrogen-bond donors (Lipinski definition) is 2. The maximum absolute atomic E-state index is 13.3. The average Bonchev–Trinajstić information content (AvgIpc) is 3.13. The number of aliphatic hydroxyl groups excluding tert-OH is 1. The molecule has 0 amide bonds. The zero-order chi connectivity index (χ0) is 30.4. The van der Waals surface area contributed by atoms with Crippen LogP contribution in [0.1, 0.15) is 75.5 Å². The molecule has 236 valence electrons. The van der Waals surface area contributed by atoms with Gasteiger partial charge in [0.05, 0.1) is 29.8 Å². The van der Waals surface area contributed by atoms with Crippen molar-refractivity contribution in [1.82, 2.24) is 4.72 Å². The number of hydrogen-bond acceptors (Lipinski definition) is 6. The number of benzene rings is 2. The van der Waals surface area contributed by atoms with Crippen molar-refractivity contribution in [3.05, 3.63) is 58.1 Å². The van der Waals surface area contributed by atoms with Crippen molar-refractivity contribution in [1.29, 1.82) is 0 Å². The SMILES string of the molecule is CO[C@]1(CO)CCC[C@H](C)[C@@H](C)S(=O)(=O)NCc2ccc3c(c2)N(C[C@@H]2CC[C@H]21)C[C@@]1(CCCc2cc(Cl)ccc21)CO3. The van der Waals surface area contributed by atoms with Crippen molar-refractivity contribution in [3.63, 3.8) is 0 Å². The summed E-state index contributed by atoms with van der Waals surface area (Å²) in [6.07, 6.45) is 7.52. The summed E-state index contributed by atoms with van der Waals surface area (Å²) in [5.74, 6) is 1.42. The van der Waals surface area contributed by atoms with E-state index in [1.807, 2.05) is 25.1 Å². The molecule has 6 atom stereocenters. The van der Waals surface area contributed by atoms with Gasteiger partial charge in [-0.15, -0.1) is 0 Å². The summed E-state index contributed by atoms with van der Waals surface area (Å²) in [5, 5.41) is 11.0. The predicted octanol–water partition coefficient (Wildman–Crippen LogP) is 5.84. The molecule has 7 nitrogen and oxygen atoms in total. The van der Waals surface area contributed by atoms with Crippen LogP contribution in [0.5, 0.6) is 5.75 Å². The van der Waals surface area contributed by atoms with Crippen LogP contribution in [0, 0.1) is 17.8 Å². The van der Waals surface area contributed by atoms with E-state index in [9.17, 15) is 13.5 Å². The normalized spacial score (nSPS) is 34.3. The molecule has 2 aromatic rings. The standard InChI is InChI=1S/C34H47ClN2O5S/c1-23-6-4-15-34(21-38,41-3)30-11-9-27(30)19-37-20-33(14-5-7-26-17-28(35)10-12-29(26)33)22-42-32-13-8-25(16-31(32)37)18-36-43(39,40)24(23)2/h8,10,12-13,16-17,23-24,27,30,36,38H,4-7,9,11,14-15,18-22H2,1-3H3/t23-,24+,27-,30+,33-,34-/m0/s1. The Morgan fingerprint density at radius 1 is 1.12 bits per heavy atom. The molecule has 0 saturated heterocycles. The minimum absolute atomic E-state index is 0.0174. The fourth-order valence-electron chi connectivity index (χ4n) is 8.31. The Labute approximate surface area is 262 Å². The Morgan fingerprint density at radius 2 is 1.95 bits per heavy atom. The van der Waals surface area contributed by atoms with Crippen molar-refractivity contribution in [2.24, 2.45) is 17.8 Å². The lowest BCUT2D eigenvalue weighted by atomic mass is 9.63. The lowest BCUT2D eigenvalue weighted by Crippen LogP contribution is -2.55. The number of methoxy groups -OCH3 is 1. The smallest absolute Gasteiger partial charge is 0.214 e. The van der Waals surface area contributed by atoms with Crippen molar-refractivity contribution < 1.29 is 23.0 Å². The van der Waals surface area contributed by atoms with Crippen molar-refractivity contribution in [2.75, 3.05) is 38.3 Å². The zero-order valence-electron chi connectivity index (χ0n) is 25.8. The summed E-state index contributed by atoms with van der Waals surface area (Å²) in [6.45, 7) is 6.25. The van der Waals surface area contributed by atoms with E-state index in [4.69, 9.17) is 21.1 Å². The third-order valence-electron chi connectivity index (χ3n) is 11.4. The third kappa shape index (κ3) is 5.83. The minimum Gasteiger partial charge on any atom is -0.490 e. The van der Waals surface area contributed by atoms with Gasteiger partial charge in [0.15, 0.2) is 0 Å². The van der Waals surface area contributed by atoms with Crippen LogP contribution >= 0.6 is 11.6 Å². The van der Waals surface area contributed by atoms with Crippen LogP contribution < -0.4 is 14.4 Å². The maximum Gasteiger partial charge on any atom is 0.214 e. The highest BCUT2D eigenvalue weighted by molar-refractivity contribution is 7.90. The lowest BCUT2D eigenvalue weighted by molar-refractivity contribution is -0.141. The molecule has 2 aliphatic heterocycles. The van der Waals surface area contributed by atoms with Gasteiger partial charge in [-0.3, -0.25) is 0 Å². The van der Waals surface area contributed by atoms with Crippen LogP contribution in [-0.4, -0.2) is 57.8 Å². The number of aliphatic hydroxyl groups is 1. The summed E-state index contributed by atoms with van der Waals surface area (Å²) in [6, 6.07) is 12.4. The van der Waals surface area contributed by atoms with Gasteiger partial charge in [-0.25, -0.2) is 13.1 Å². The Bertz CT molecular complexity index is 1430. The lowest BCUT2D eigenvalue weighted by Gasteiger charge is -2.51. The van der Waals surface area contributed by atoms with Gasteiger partial charge in [0.1, 0.15) is 5.75 Å².